The minimum atomic E-state index is -0.660. The van der Waals surface area contributed by atoms with Gasteiger partial charge in [-0.15, -0.1) is 0 Å². The molecule has 19 nitrogen and oxygen atoms in total. The second-order valence-electron chi connectivity index (χ2n) is 13.2. The van der Waals surface area contributed by atoms with Crippen LogP contribution in [0.5, 0.6) is 11.5 Å². The van der Waals surface area contributed by atoms with E-state index in [-0.39, 0.29) is 36.4 Å². The molecule has 0 atom stereocenters. The van der Waals surface area contributed by atoms with Gasteiger partial charge in [0.2, 0.25) is 17.8 Å². The predicted octanol–water partition coefficient (Wildman–Crippen LogP) is 3.68. The van der Waals surface area contributed by atoms with E-state index in [1.54, 1.807) is 55.8 Å². The number of imidazole rings is 3. The predicted molar refractivity (Wildman–Crippen MR) is 224 cm³/mol. The van der Waals surface area contributed by atoms with Crippen LogP contribution in [0.25, 0.3) is 22.1 Å². The summed E-state index contributed by atoms with van der Waals surface area (Å²) in [6.45, 7) is 9.94. The zero-order valence-electron chi connectivity index (χ0n) is 34.3. The third-order valence-corrected chi connectivity index (χ3v) is 9.17. The normalized spacial score (nSPS) is 11.2. The maximum Gasteiger partial charge on any atom is 0.293 e. The monoisotopic (exact) mass is 809 g/mol. The number of ether oxygens (including phenoxy) is 2. The van der Waals surface area contributed by atoms with Gasteiger partial charge in [0.25, 0.3) is 11.8 Å². The summed E-state index contributed by atoms with van der Waals surface area (Å²) in [6, 6.07) is 8.05. The Hall–Kier alpha value is -6.86. The molecule has 4 heterocycles. The number of benzene rings is 2. The van der Waals surface area contributed by atoms with Crippen molar-refractivity contribution in [3.8, 4) is 11.5 Å². The Morgan fingerprint density at radius 2 is 1.47 bits per heavy atom. The summed E-state index contributed by atoms with van der Waals surface area (Å²) in [4.78, 5) is 65.2. The van der Waals surface area contributed by atoms with Gasteiger partial charge in [-0.05, 0) is 85.1 Å². The summed E-state index contributed by atoms with van der Waals surface area (Å²) in [6.07, 6.45) is 6.96. The summed E-state index contributed by atoms with van der Waals surface area (Å²) in [7, 11) is 4.82. The number of carbonyl (C=O) groups is 4. The van der Waals surface area contributed by atoms with Crippen molar-refractivity contribution in [1.82, 2.24) is 43.8 Å². The quantitative estimate of drug-likeness (QED) is 0.0474. The Morgan fingerprint density at radius 3 is 2.07 bits per heavy atom. The van der Waals surface area contributed by atoms with E-state index in [9.17, 15) is 19.2 Å². The first-order chi connectivity index (χ1) is 28.5. The van der Waals surface area contributed by atoms with E-state index in [0.29, 0.717) is 82.3 Å². The average Bonchev–Trinajstić information content (AvgIpc) is 4.00. The lowest BCUT2D eigenvalue weighted by atomic mass is 10.1. The number of anilines is 2. The molecule has 6 aromatic rings. The molecular formula is C40H51N13O6. The number of nitrogens with zero attached hydrogens (tertiary/aromatic N) is 8. The van der Waals surface area contributed by atoms with Gasteiger partial charge >= 0.3 is 0 Å². The number of hydrogen-bond donors (Lipinski definition) is 5. The molecule has 0 saturated heterocycles. The average molecular weight is 810 g/mol. The Morgan fingerprint density at radius 1 is 0.831 bits per heavy atom. The fraction of sp³-hybridized carbons (Fsp3) is 0.350. The molecule has 2 aromatic carbocycles. The van der Waals surface area contributed by atoms with Crippen molar-refractivity contribution < 1.29 is 28.7 Å². The van der Waals surface area contributed by atoms with E-state index in [2.05, 4.69) is 36.8 Å². The number of fused-ring (bicyclic) bond motifs is 2. The molecule has 0 aliphatic rings. The number of nitrogens with two attached hydrogens (primary N) is 2. The Labute approximate surface area is 340 Å². The van der Waals surface area contributed by atoms with E-state index < -0.39 is 17.7 Å². The molecule has 19 heteroatoms. The topological polar surface area (TPSA) is 246 Å². The number of carbonyl (C=O) groups excluding carboxylic acids is 4. The van der Waals surface area contributed by atoms with Crippen molar-refractivity contribution in [3.05, 3.63) is 82.7 Å². The summed E-state index contributed by atoms with van der Waals surface area (Å²) in [5.41, 5.74) is 14.3. The standard InChI is InChI=1S/C39H46N12O6.CH5N/c1-7-48-21-24(4)42-35(48)37(55)46-39-43-27-17-25(22-52)18-31(57-15-11-12-41-5)33(27)50(39)14-10-9-13-49-32-28(19-26(34(40)53)20-30(32)56-6)44-38(49)45-36(54)29-16-23(3)47-51(29)8-2;1-2/h9-10,16-22,41H,7-8,11-15H2,1-6H3,(H2,40,53)(H,43,46,55)(H,44,45,54);2H2,1H3/b10-9+;. The molecule has 0 aliphatic carbocycles. The molecule has 0 bridgehead atoms. The number of methoxy groups -OCH3 is 1. The van der Waals surface area contributed by atoms with Crippen LogP contribution >= 0.6 is 0 Å². The van der Waals surface area contributed by atoms with Gasteiger partial charge in [0, 0.05) is 43.5 Å². The Balaban J connectivity index is 0.00000326. The van der Waals surface area contributed by atoms with Crippen LogP contribution in [-0.4, -0.2) is 96.8 Å². The van der Waals surface area contributed by atoms with Crippen LogP contribution in [0.4, 0.5) is 11.9 Å². The number of aryl methyl sites for hydroxylation is 4. The van der Waals surface area contributed by atoms with Gasteiger partial charge in [-0.1, -0.05) is 12.2 Å². The van der Waals surface area contributed by atoms with Crippen molar-refractivity contribution >= 4 is 58.0 Å². The minimum absolute atomic E-state index is 0.189. The Kier molecular flexibility index (Phi) is 14.3. The number of aromatic nitrogens is 8. The van der Waals surface area contributed by atoms with Crippen LogP contribution in [-0.2, 0) is 26.2 Å². The lowest BCUT2D eigenvalue weighted by Crippen LogP contribution is -2.20. The van der Waals surface area contributed by atoms with Gasteiger partial charge in [-0.3, -0.25) is 34.5 Å². The molecule has 0 unspecified atom stereocenters. The number of rotatable bonds is 18. The maximum atomic E-state index is 13.6. The number of primary amides is 1. The SMILES string of the molecule is CCn1cc(C)nc1C(=O)Nc1nc2cc(C=O)cc(OCCCNC)c2n1C/C=C/Cn1c(NC(=O)c2cc(C)nn2CC)nc2cc(C(N)=O)cc(OC)c21.CN. The lowest BCUT2D eigenvalue weighted by Gasteiger charge is -2.13. The lowest BCUT2D eigenvalue weighted by molar-refractivity contribution is 0.0994. The highest BCUT2D eigenvalue weighted by molar-refractivity contribution is 6.04. The van der Waals surface area contributed by atoms with E-state index in [4.69, 9.17) is 20.2 Å². The highest BCUT2D eigenvalue weighted by Crippen LogP contribution is 2.33. The Bertz CT molecular complexity index is 2510. The number of aldehydes is 1. The molecule has 0 spiro atoms. The molecule has 0 fully saturated rings. The highest BCUT2D eigenvalue weighted by atomic mass is 16.5. The van der Waals surface area contributed by atoms with Crippen molar-refractivity contribution in [2.75, 3.05) is 45.0 Å². The summed E-state index contributed by atoms with van der Waals surface area (Å²) >= 11 is 0. The van der Waals surface area contributed by atoms with Gasteiger partial charge in [0.15, 0.2) is 5.82 Å². The van der Waals surface area contributed by atoms with Crippen molar-refractivity contribution in [1.29, 1.82) is 0 Å². The van der Waals surface area contributed by atoms with Crippen LogP contribution in [0.15, 0.2) is 48.7 Å². The molecule has 4 aromatic heterocycles. The molecule has 0 aliphatic heterocycles. The molecule has 312 valence electrons. The van der Waals surface area contributed by atoms with Crippen LogP contribution in [0.3, 0.4) is 0 Å². The van der Waals surface area contributed by atoms with Gasteiger partial charge in [0.1, 0.15) is 34.5 Å². The number of allylic oxidation sites excluding steroid dienone is 2. The van der Waals surface area contributed by atoms with Crippen LogP contribution < -0.4 is 36.9 Å². The number of nitrogens with one attached hydrogen (secondary N) is 3. The molecule has 59 heavy (non-hydrogen) atoms. The first-order valence-corrected chi connectivity index (χ1v) is 19.1. The largest absolute Gasteiger partial charge is 0.494 e. The number of hydrogen-bond acceptors (Lipinski definition) is 12. The molecule has 6 rings (SSSR count). The third-order valence-electron chi connectivity index (χ3n) is 9.17. The minimum Gasteiger partial charge on any atom is -0.494 e. The molecule has 7 N–H and O–H groups in total. The molecule has 0 saturated carbocycles. The smallest absolute Gasteiger partial charge is 0.293 e. The van der Waals surface area contributed by atoms with Gasteiger partial charge < -0.3 is 40.0 Å². The van der Waals surface area contributed by atoms with Crippen molar-refractivity contribution in [2.24, 2.45) is 11.5 Å². The first kappa shape index (κ1) is 43.3. The summed E-state index contributed by atoms with van der Waals surface area (Å²) in [5.74, 6) is -0.133. The van der Waals surface area contributed by atoms with E-state index in [1.807, 2.05) is 40.0 Å². The number of amides is 3. The second kappa shape index (κ2) is 19.5. The zero-order chi connectivity index (χ0) is 42.8. The fourth-order valence-electron chi connectivity index (χ4n) is 6.56. The maximum absolute atomic E-state index is 13.6. The van der Waals surface area contributed by atoms with Gasteiger partial charge in [-0.2, -0.15) is 5.10 Å². The first-order valence-electron chi connectivity index (χ1n) is 19.1. The highest BCUT2D eigenvalue weighted by Gasteiger charge is 2.23. The van der Waals surface area contributed by atoms with Crippen LogP contribution in [0.2, 0.25) is 0 Å². The molecule has 0 radical (unpaired) electrons. The van der Waals surface area contributed by atoms with E-state index >= 15 is 0 Å². The molecule has 3 amide bonds. The van der Waals surface area contributed by atoms with E-state index in [1.165, 1.54) is 20.2 Å². The van der Waals surface area contributed by atoms with E-state index in [0.717, 1.165) is 12.8 Å². The van der Waals surface area contributed by atoms with Crippen LogP contribution in [0.1, 0.15) is 73.5 Å². The molecular weight excluding hydrogens is 759 g/mol. The van der Waals surface area contributed by atoms with Crippen LogP contribution in [0, 0.1) is 13.8 Å². The summed E-state index contributed by atoms with van der Waals surface area (Å²) < 4.78 is 18.8. The third kappa shape index (κ3) is 9.48. The zero-order valence-corrected chi connectivity index (χ0v) is 34.3. The summed E-state index contributed by atoms with van der Waals surface area (Å²) in [5, 5.41) is 13.3. The van der Waals surface area contributed by atoms with Gasteiger partial charge in [-0.25, -0.2) is 15.0 Å². The fourth-order valence-corrected chi connectivity index (χ4v) is 6.56. The second-order valence-corrected chi connectivity index (χ2v) is 13.2. The van der Waals surface area contributed by atoms with Gasteiger partial charge in [0.05, 0.1) is 36.1 Å². The van der Waals surface area contributed by atoms with Crippen molar-refractivity contribution in [2.45, 2.75) is 60.3 Å². The van der Waals surface area contributed by atoms with Crippen molar-refractivity contribution in [3.63, 3.8) is 0 Å².